The number of anilines is 1. The standard InChI is InChI=1S/C25H30N8O/c1-24(2)13-17(14-25(3,4)31-24)32(5)23-27-15-20(28-29-23)18-7-6-16(12-21(18)34)19-8-9-22-26-10-11-33(22)30-19/h6-12,15,17,31,34H,13-14H2,1-5H3. The molecule has 0 spiro atoms. The highest BCUT2D eigenvalue weighted by atomic mass is 16.3. The maximum atomic E-state index is 10.7. The van der Waals surface area contributed by atoms with Crippen LogP contribution in [0.25, 0.3) is 28.2 Å². The minimum Gasteiger partial charge on any atom is -0.507 e. The van der Waals surface area contributed by atoms with Crippen LogP contribution in [-0.2, 0) is 0 Å². The van der Waals surface area contributed by atoms with Gasteiger partial charge in [-0.1, -0.05) is 6.07 Å². The van der Waals surface area contributed by atoms with E-state index in [0.29, 0.717) is 23.2 Å². The average Bonchev–Trinajstić information content (AvgIpc) is 3.24. The molecule has 5 rings (SSSR count). The zero-order chi connectivity index (χ0) is 24.1. The summed E-state index contributed by atoms with van der Waals surface area (Å²) in [6.07, 6.45) is 7.13. The Hall–Kier alpha value is -3.59. The molecule has 1 aliphatic rings. The summed E-state index contributed by atoms with van der Waals surface area (Å²) in [4.78, 5) is 10.9. The van der Waals surface area contributed by atoms with E-state index in [-0.39, 0.29) is 16.8 Å². The molecular weight excluding hydrogens is 428 g/mol. The van der Waals surface area contributed by atoms with Crippen molar-refractivity contribution < 1.29 is 5.11 Å². The monoisotopic (exact) mass is 458 g/mol. The SMILES string of the molecule is CN(c1ncc(-c2ccc(-c3ccc4nccn4n3)cc2O)nn1)C1CC(C)(C)NC(C)(C)C1. The highest BCUT2D eigenvalue weighted by molar-refractivity contribution is 5.72. The van der Waals surface area contributed by atoms with Crippen molar-refractivity contribution in [3.63, 3.8) is 0 Å². The lowest BCUT2D eigenvalue weighted by molar-refractivity contribution is 0.160. The van der Waals surface area contributed by atoms with Gasteiger partial charge in [0.05, 0.1) is 11.9 Å². The summed E-state index contributed by atoms with van der Waals surface area (Å²) in [6.45, 7) is 8.91. The summed E-state index contributed by atoms with van der Waals surface area (Å²) in [5, 5.41) is 27.7. The van der Waals surface area contributed by atoms with Crippen LogP contribution in [0.2, 0.25) is 0 Å². The number of hydrogen-bond acceptors (Lipinski definition) is 8. The molecular formula is C25H30N8O. The first-order valence-corrected chi connectivity index (χ1v) is 11.5. The fourth-order valence-corrected chi connectivity index (χ4v) is 5.14. The summed E-state index contributed by atoms with van der Waals surface area (Å²) >= 11 is 0. The van der Waals surface area contributed by atoms with Crippen molar-refractivity contribution in [2.24, 2.45) is 0 Å². The zero-order valence-corrected chi connectivity index (χ0v) is 20.2. The van der Waals surface area contributed by atoms with E-state index in [4.69, 9.17) is 0 Å². The van der Waals surface area contributed by atoms with Crippen LogP contribution in [0, 0.1) is 0 Å². The van der Waals surface area contributed by atoms with Gasteiger partial charge in [0, 0.05) is 47.7 Å². The smallest absolute Gasteiger partial charge is 0.245 e. The maximum absolute atomic E-state index is 10.7. The molecule has 1 fully saturated rings. The number of hydrogen-bond donors (Lipinski definition) is 2. The Bertz CT molecular complexity index is 1310. The van der Waals surface area contributed by atoms with Gasteiger partial charge >= 0.3 is 0 Å². The molecule has 4 heterocycles. The number of phenolic OH excluding ortho intramolecular Hbond substituents is 1. The number of piperidine rings is 1. The van der Waals surface area contributed by atoms with Gasteiger partial charge in [-0.05, 0) is 64.8 Å². The van der Waals surface area contributed by atoms with Crippen LogP contribution in [0.5, 0.6) is 5.75 Å². The average molecular weight is 459 g/mol. The third kappa shape index (κ3) is 4.31. The largest absolute Gasteiger partial charge is 0.507 e. The lowest BCUT2D eigenvalue weighted by Crippen LogP contribution is -2.62. The van der Waals surface area contributed by atoms with Gasteiger partial charge in [0.2, 0.25) is 5.95 Å². The number of phenols is 1. The van der Waals surface area contributed by atoms with Crippen molar-refractivity contribution in [1.82, 2.24) is 35.1 Å². The Morgan fingerprint density at radius 2 is 1.76 bits per heavy atom. The summed E-state index contributed by atoms with van der Waals surface area (Å²) in [7, 11) is 2.02. The first-order valence-electron chi connectivity index (χ1n) is 11.5. The van der Waals surface area contributed by atoms with Crippen molar-refractivity contribution in [3.8, 4) is 28.3 Å². The minimum atomic E-state index is 0.0266. The number of fused-ring (bicyclic) bond motifs is 1. The fraction of sp³-hybridized carbons (Fsp3) is 0.400. The molecule has 9 nitrogen and oxygen atoms in total. The molecule has 176 valence electrons. The number of benzene rings is 1. The van der Waals surface area contributed by atoms with E-state index < -0.39 is 0 Å². The summed E-state index contributed by atoms with van der Waals surface area (Å²) < 4.78 is 1.70. The van der Waals surface area contributed by atoms with E-state index in [1.807, 2.05) is 31.3 Å². The van der Waals surface area contributed by atoms with Crippen LogP contribution >= 0.6 is 0 Å². The van der Waals surface area contributed by atoms with Crippen molar-refractivity contribution >= 4 is 11.6 Å². The van der Waals surface area contributed by atoms with Crippen LogP contribution in [0.1, 0.15) is 40.5 Å². The molecule has 3 aromatic heterocycles. The Labute approximate surface area is 198 Å². The van der Waals surface area contributed by atoms with Crippen LogP contribution in [0.4, 0.5) is 5.95 Å². The van der Waals surface area contributed by atoms with Crippen LogP contribution < -0.4 is 10.2 Å². The van der Waals surface area contributed by atoms with Crippen molar-refractivity contribution in [2.75, 3.05) is 11.9 Å². The van der Waals surface area contributed by atoms with E-state index in [9.17, 15) is 5.11 Å². The van der Waals surface area contributed by atoms with Gasteiger partial charge in [0.1, 0.15) is 11.4 Å². The molecule has 1 saturated heterocycles. The third-order valence-electron chi connectivity index (χ3n) is 6.41. The van der Waals surface area contributed by atoms with E-state index in [2.05, 4.69) is 63.2 Å². The first kappa shape index (κ1) is 22.2. The highest BCUT2D eigenvalue weighted by Gasteiger charge is 2.39. The molecule has 34 heavy (non-hydrogen) atoms. The number of rotatable bonds is 4. The molecule has 9 heteroatoms. The molecule has 0 bridgehead atoms. The van der Waals surface area contributed by atoms with Crippen molar-refractivity contribution in [1.29, 1.82) is 0 Å². The fourth-order valence-electron chi connectivity index (χ4n) is 5.14. The molecule has 2 N–H and O–H groups in total. The Kier molecular flexibility index (Phi) is 5.24. The van der Waals surface area contributed by atoms with Crippen molar-refractivity contribution in [2.45, 2.75) is 57.7 Å². The molecule has 0 aliphatic carbocycles. The molecule has 0 saturated carbocycles. The van der Waals surface area contributed by atoms with E-state index in [1.54, 1.807) is 29.2 Å². The molecule has 4 aromatic rings. The second-order valence-corrected chi connectivity index (χ2v) is 10.4. The van der Waals surface area contributed by atoms with Gasteiger partial charge in [0.15, 0.2) is 5.65 Å². The second-order valence-electron chi connectivity index (χ2n) is 10.4. The second kappa shape index (κ2) is 8.02. The third-order valence-corrected chi connectivity index (χ3v) is 6.41. The van der Waals surface area contributed by atoms with E-state index >= 15 is 0 Å². The molecule has 0 atom stereocenters. The van der Waals surface area contributed by atoms with Crippen LogP contribution in [0.3, 0.4) is 0 Å². The van der Waals surface area contributed by atoms with Gasteiger partial charge < -0.3 is 15.3 Å². The van der Waals surface area contributed by atoms with Gasteiger partial charge in [-0.3, -0.25) is 0 Å². The molecule has 0 amide bonds. The number of nitrogens with zero attached hydrogens (tertiary/aromatic N) is 7. The zero-order valence-electron chi connectivity index (χ0n) is 20.2. The number of imidazole rings is 1. The van der Waals surface area contributed by atoms with Gasteiger partial charge in [-0.2, -0.15) is 5.10 Å². The molecule has 0 radical (unpaired) electrons. The van der Waals surface area contributed by atoms with Crippen molar-refractivity contribution in [3.05, 3.63) is 48.9 Å². The topological polar surface area (TPSA) is 104 Å². The number of aromatic hydroxyl groups is 1. The summed E-state index contributed by atoms with van der Waals surface area (Å²) in [5.74, 6) is 0.681. The lowest BCUT2D eigenvalue weighted by Gasteiger charge is -2.48. The predicted molar refractivity (Wildman–Crippen MR) is 132 cm³/mol. The predicted octanol–water partition coefficient (Wildman–Crippen LogP) is 3.70. The minimum absolute atomic E-state index is 0.0266. The van der Waals surface area contributed by atoms with Crippen LogP contribution in [-0.4, -0.2) is 59.1 Å². The lowest BCUT2D eigenvalue weighted by atomic mass is 9.79. The maximum Gasteiger partial charge on any atom is 0.245 e. The molecule has 1 aliphatic heterocycles. The quantitative estimate of drug-likeness (QED) is 0.477. The van der Waals surface area contributed by atoms with Gasteiger partial charge in [-0.25, -0.2) is 14.5 Å². The number of nitrogens with one attached hydrogen (secondary N) is 1. The number of aromatic nitrogens is 6. The highest BCUT2D eigenvalue weighted by Crippen LogP contribution is 2.34. The summed E-state index contributed by atoms with van der Waals surface area (Å²) in [5.41, 5.74) is 3.45. The summed E-state index contributed by atoms with van der Waals surface area (Å²) in [6, 6.07) is 9.47. The van der Waals surface area contributed by atoms with Crippen LogP contribution in [0.15, 0.2) is 48.9 Å². The Balaban J connectivity index is 1.37. The Morgan fingerprint density at radius 3 is 2.44 bits per heavy atom. The van der Waals surface area contributed by atoms with Gasteiger partial charge in [0.25, 0.3) is 0 Å². The molecule has 1 aromatic carbocycles. The first-order chi connectivity index (χ1) is 16.1. The van der Waals surface area contributed by atoms with E-state index in [0.717, 1.165) is 29.7 Å². The molecule has 0 unspecified atom stereocenters. The normalized spacial score (nSPS) is 17.7. The van der Waals surface area contributed by atoms with E-state index in [1.165, 1.54) is 0 Å². The van der Waals surface area contributed by atoms with Gasteiger partial charge in [-0.15, -0.1) is 10.2 Å². The Morgan fingerprint density at radius 1 is 1.00 bits per heavy atom.